The molecule has 0 bridgehead atoms. The highest BCUT2D eigenvalue weighted by atomic mass is 32.2. The number of alkyl halides is 3. The molecule has 0 aliphatic rings. The highest BCUT2D eigenvalue weighted by molar-refractivity contribution is 7.89. The summed E-state index contributed by atoms with van der Waals surface area (Å²) >= 11 is 0. The molecule has 26 heavy (non-hydrogen) atoms. The number of hydrogen-bond donors (Lipinski definition) is 1. The Morgan fingerprint density at radius 2 is 1.73 bits per heavy atom. The summed E-state index contributed by atoms with van der Waals surface area (Å²) in [5.41, 5.74) is -0.535. The predicted octanol–water partition coefficient (Wildman–Crippen LogP) is 3.25. The number of ketones is 1. The van der Waals surface area contributed by atoms with E-state index in [1.165, 1.54) is 50.5 Å². The minimum absolute atomic E-state index is 0.0348. The van der Waals surface area contributed by atoms with E-state index in [2.05, 4.69) is 5.32 Å². The van der Waals surface area contributed by atoms with Crippen molar-refractivity contribution < 1.29 is 26.4 Å². The molecule has 0 unspecified atom stereocenters. The average molecular weight is 386 g/mol. The molecule has 0 fully saturated rings. The molecular weight excluding hydrogens is 369 g/mol. The topological polar surface area (TPSA) is 66.5 Å². The van der Waals surface area contributed by atoms with Crippen LogP contribution in [0.4, 0.5) is 18.9 Å². The highest BCUT2D eigenvalue weighted by Gasteiger charge is 2.30. The van der Waals surface area contributed by atoms with Crippen LogP contribution in [0.3, 0.4) is 0 Å². The van der Waals surface area contributed by atoms with Crippen molar-refractivity contribution in [1.29, 1.82) is 0 Å². The number of rotatable bonds is 6. The van der Waals surface area contributed by atoms with Crippen molar-refractivity contribution in [2.45, 2.75) is 11.1 Å². The quantitative estimate of drug-likeness (QED) is 0.774. The molecule has 0 aliphatic carbocycles. The van der Waals surface area contributed by atoms with Crippen molar-refractivity contribution in [3.8, 4) is 0 Å². The molecule has 2 aromatic carbocycles. The molecule has 2 aromatic rings. The van der Waals surface area contributed by atoms with Gasteiger partial charge in [-0.25, -0.2) is 12.7 Å². The Kier molecular flexibility index (Phi) is 5.72. The molecule has 0 saturated heterocycles. The summed E-state index contributed by atoms with van der Waals surface area (Å²) in [6.07, 6.45) is -4.48. The molecule has 140 valence electrons. The Morgan fingerprint density at radius 3 is 2.35 bits per heavy atom. The summed E-state index contributed by atoms with van der Waals surface area (Å²) in [6, 6.07) is 9.98. The summed E-state index contributed by atoms with van der Waals surface area (Å²) in [5, 5.41) is 2.63. The van der Waals surface area contributed by atoms with Crippen LogP contribution >= 0.6 is 0 Å². The van der Waals surface area contributed by atoms with Gasteiger partial charge in [-0.2, -0.15) is 13.2 Å². The van der Waals surface area contributed by atoms with Crippen LogP contribution in [0, 0.1) is 0 Å². The van der Waals surface area contributed by atoms with Crippen LogP contribution in [-0.4, -0.2) is 39.1 Å². The fourth-order valence-electron chi connectivity index (χ4n) is 2.13. The summed E-state index contributed by atoms with van der Waals surface area (Å²) in [6.45, 7) is -0.271. The molecule has 0 aliphatic heterocycles. The zero-order valence-electron chi connectivity index (χ0n) is 14.0. The van der Waals surface area contributed by atoms with Crippen LogP contribution in [-0.2, 0) is 16.2 Å². The number of nitrogens with zero attached hydrogens (tertiary/aromatic N) is 1. The Balaban J connectivity index is 2.14. The lowest BCUT2D eigenvalue weighted by molar-refractivity contribution is -0.137. The number of Topliss-reactive ketones (excluding diaryl/α,β-unsaturated/α-hetero) is 1. The second-order valence-electron chi connectivity index (χ2n) is 5.67. The predicted molar refractivity (Wildman–Crippen MR) is 91.6 cm³/mol. The van der Waals surface area contributed by atoms with Crippen LogP contribution in [0.5, 0.6) is 0 Å². The van der Waals surface area contributed by atoms with E-state index in [4.69, 9.17) is 0 Å². The van der Waals surface area contributed by atoms with E-state index in [0.29, 0.717) is 0 Å². The smallest absolute Gasteiger partial charge is 0.378 e. The second kappa shape index (κ2) is 7.46. The zero-order valence-corrected chi connectivity index (χ0v) is 14.9. The summed E-state index contributed by atoms with van der Waals surface area (Å²) in [5.74, 6) is -0.446. The highest BCUT2D eigenvalue weighted by Crippen LogP contribution is 2.30. The van der Waals surface area contributed by atoms with Gasteiger partial charge in [-0.05, 0) is 30.3 Å². The molecule has 0 atom stereocenters. The molecule has 2 rings (SSSR count). The van der Waals surface area contributed by atoms with Crippen molar-refractivity contribution >= 4 is 21.5 Å². The van der Waals surface area contributed by atoms with E-state index in [1.54, 1.807) is 0 Å². The third-order valence-corrected chi connectivity index (χ3v) is 5.39. The van der Waals surface area contributed by atoms with E-state index in [-0.39, 0.29) is 22.7 Å². The van der Waals surface area contributed by atoms with Crippen molar-refractivity contribution in [1.82, 2.24) is 4.31 Å². The molecule has 0 aromatic heterocycles. The number of hydrogen-bond acceptors (Lipinski definition) is 4. The van der Waals surface area contributed by atoms with Crippen molar-refractivity contribution in [2.24, 2.45) is 0 Å². The lowest BCUT2D eigenvalue weighted by atomic mass is 10.1. The minimum atomic E-state index is -4.48. The molecule has 0 spiro atoms. The Hall–Kier alpha value is -2.39. The number of halogens is 3. The van der Waals surface area contributed by atoms with Gasteiger partial charge >= 0.3 is 6.18 Å². The first-order valence-corrected chi connectivity index (χ1v) is 8.93. The van der Waals surface area contributed by atoms with E-state index in [1.807, 2.05) is 0 Å². The number of benzene rings is 2. The van der Waals surface area contributed by atoms with Crippen LogP contribution in [0.25, 0.3) is 0 Å². The van der Waals surface area contributed by atoms with Gasteiger partial charge < -0.3 is 5.32 Å². The monoisotopic (exact) mass is 386 g/mol. The number of sulfonamides is 1. The van der Waals surface area contributed by atoms with Gasteiger partial charge in [0.05, 0.1) is 17.0 Å². The second-order valence-corrected chi connectivity index (χ2v) is 7.82. The van der Waals surface area contributed by atoms with Crippen LogP contribution in [0.15, 0.2) is 53.4 Å². The fraction of sp³-hybridized carbons (Fsp3) is 0.235. The first-order valence-electron chi connectivity index (χ1n) is 7.49. The maximum atomic E-state index is 12.7. The van der Waals surface area contributed by atoms with Gasteiger partial charge in [0.15, 0.2) is 5.78 Å². The van der Waals surface area contributed by atoms with Gasteiger partial charge in [0, 0.05) is 25.3 Å². The molecule has 0 saturated carbocycles. The number of anilines is 1. The first-order chi connectivity index (χ1) is 12.0. The van der Waals surface area contributed by atoms with Crippen molar-refractivity contribution in [3.63, 3.8) is 0 Å². The Labute approximate surface area is 149 Å². The lowest BCUT2D eigenvalue weighted by Gasteiger charge is -2.13. The molecule has 1 N–H and O–H groups in total. The number of nitrogens with one attached hydrogen (secondary N) is 1. The van der Waals surface area contributed by atoms with Gasteiger partial charge in [-0.15, -0.1) is 0 Å². The summed E-state index contributed by atoms with van der Waals surface area (Å²) < 4.78 is 63.3. The van der Waals surface area contributed by atoms with Gasteiger partial charge in [0.25, 0.3) is 0 Å². The van der Waals surface area contributed by atoms with Gasteiger partial charge in [0.2, 0.25) is 10.0 Å². The van der Waals surface area contributed by atoms with Gasteiger partial charge in [0.1, 0.15) is 0 Å². The molecule has 0 radical (unpaired) electrons. The van der Waals surface area contributed by atoms with Crippen LogP contribution in [0.1, 0.15) is 15.9 Å². The van der Waals surface area contributed by atoms with Crippen LogP contribution in [0.2, 0.25) is 0 Å². The van der Waals surface area contributed by atoms with E-state index in [9.17, 15) is 26.4 Å². The average Bonchev–Trinajstić information content (AvgIpc) is 2.59. The SMILES string of the molecule is CN(C)S(=O)(=O)c1cccc(C(=O)CNc2cccc(C(F)(F)F)c2)c1. The summed E-state index contributed by atoms with van der Waals surface area (Å²) in [4.78, 5) is 12.2. The van der Waals surface area contributed by atoms with Crippen LogP contribution < -0.4 is 5.32 Å². The van der Waals surface area contributed by atoms with Gasteiger partial charge in [-0.1, -0.05) is 18.2 Å². The van der Waals surface area contributed by atoms with E-state index < -0.39 is 27.5 Å². The molecule has 0 amide bonds. The maximum Gasteiger partial charge on any atom is 0.416 e. The van der Waals surface area contributed by atoms with E-state index in [0.717, 1.165) is 16.4 Å². The largest absolute Gasteiger partial charge is 0.416 e. The Bertz CT molecular complexity index is 909. The molecular formula is C17H17F3N2O3S. The minimum Gasteiger partial charge on any atom is -0.378 e. The number of carbonyl (C=O) groups is 1. The van der Waals surface area contributed by atoms with Crippen molar-refractivity contribution in [2.75, 3.05) is 26.0 Å². The molecule has 0 heterocycles. The third kappa shape index (κ3) is 4.61. The Morgan fingerprint density at radius 1 is 1.08 bits per heavy atom. The zero-order chi connectivity index (χ0) is 19.5. The third-order valence-electron chi connectivity index (χ3n) is 3.58. The molecule has 5 nitrogen and oxygen atoms in total. The maximum absolute atomic E-state index is 12.7. The normalized spacial score (nSPS) is 12.2. The van der Waals surface area contributed by atoms with E-state index >= 15 is 0 Å². The first kappa shape index (κ1) is 19.9. The van der Waals surface area contributed by atoms with Crippen molar-refractivity contribution in [3.05, 3.63) is 59.7 Å². The summed E-state index contributed by atoms with van der Waals surface area (Å²) in [7, 11) is -0.938. The van der Waals surface area contributed by atoms with Gasteiger partial charge in [-0.3, -0.25) is 4.79 Å². The fourth-order valence-corrected chi connectivity index (χ4v) is 3.08. The standard InChI is InChI=1S/C17H17F3N2O3S/c1-22(2)26(24,25)15-8-3-5-12(9-15)16(23)11-21-14-7-4-6-13(10-14)17(18,19)20/h3-10,21H,11H2,1-2H3. The molecule has 9 heteroatoms. The lowest BCUT2D eigenvalue weighted by Crippen LogP contribution is -2.22. The number of carbonyl (C=O) groups excluding carboxylic acids is 1.